The monoisotopic (exact) mass is 426 g/mol. The third-order valence-electron chi connectivity index (χ3n) is 4.49. The first-order valence-electron chi connectivity index (χ1n) is 8.01. The van der Waals surface area contributed by atoms with Gasteiger partial charge in [0.1, 0.15) is 5.75 Å². The molecule has 27 heavy (non-hydrogen) atoms. The van der Waals surface area contributed by atoms with Crippen molar-refractivity contribution in [2.24, 2.45) is 0 Å². The molecule has 0 heterocycles. The maximum atomic E-state index is 12.1. The van der Waals surface area contributed by atoms with Crippen LogP contribution in [0.4, 0.5) is 0 Å². The van der Waals surface area contributed by atoms with Crippen LogP contribution in [-0.2, 0) is 4.79 Å². The highest BCUT2D eigenvalue weighted by Gasteiger charge is 2.20. The van der Waals surface area contributed by atoms with Gasteiger partial charge in [-0.15, -0.1) is 50.5 Å². The molecule has 2 nitrogen and oxygen atoms in total. The van der Waals surface area contributed by atoms with Crippen molar-refractivity contribution in [2.75, 3.05) is 0 Å². The van der Waals surface area contributed by atoms with Crippen LogP contribution in [0, 0.1) is 0 Å². The largest absolute Gasteiger partial charge is 0.422 e. The molecule has 4 aromatic rings. The third kappa shape index (κ3) is 3.01. The second-order valence-electron chi connectivity index (χ2n) is 6.07. The van der Waals surface area contributed by atoms with Crippen LogP contribution in [0.3, 0.4) is 0 Å². The highest BCUT2D eigenvalue weighted by molar-refractivity contribution is 7.86. The lowest BCUT2D eigenvalue weighted by molar-refractivity contribution is -0.128. The van der Waals surface area contributed by atoms with Crippen molar-refractivity contribution in [3.63, 3.8) is 0 Å². The highest BCUT2D eigenvalue weighted by Crippen LogP contribution is 2.46. The van der Waals surface area contributed by atoms with Gasteiger partial charge in [-0.25, -0.2) is 4.79 Å². The molecular formula is C21H14O2S4. The third-order valence-corrected chi connectivity index (χ3v) is 6.83. The summed E-state index contributed by atoms with van der Waals surface area (Å²) in [6.45, 7) is 3.50. The Bertz CT molecular complexity index is 1280. The number of carbonyl (C=O) groups excluding carboxylic acids is 1. The first kappa shape index (κ1) is 18.6. The average Bonchev–Trinajstić information content (AvgIpc) is 2.68. The fourth-order valence-corrected chi connectivity index (χ4v) is 4.45. The summed E-state index contributed by atoms with van der Waals surface area (Å²) < 4.78 is 5.67. The van der Waals surface area contributed by atoms with E-state index in [4.69, 9.17) is 4.74 Å². The topological polar surface area (TPSA) is 26.3 Å². The Kier molecular flexibility index (Phi) is 4.84. The minimum Gasteiger partial charge on any atom is -0.422 e. The molecule has 0 aromatic heterocycles. The van der Waals surface area contributed by atoms with E-state index in [2.05, 4.69) is 63.2 Å². The second kappa shape index (κ2) is 7.02. The molecular weight excluding hydrogens is 412 g/mol. The summed E-state index contributed by atoms with van der Waals surface area (Å²) in [5.41, 5.74) is 0. The summed E-state index contributed by atoms with van der Waals surface area (Å²) in [7, 11) is 0. The van der Waals surface area contributed by atoms with Crippen LogP contribution in [-0.4, -0.2) is 5.97 Å². The minimum atomic E-state index is -0.541. The van der Waals surface area contributed by atoms with Gasteiger partial charge in [0.15, 0.2) is 0 Å². The van der Waals surface area contributed by atoms with E-state index in [1.165, 1.54) is 0 Å². The van der Waals surface area contributed by atoms with Gasteiger partial charge in [0.2, 0.25) is 0 Å². The van der Waals surface area contributed by atoms with Crippen molar-refractivity contribution in [2.45, 2.75) is 19.6 Å². The number of carbonyl (C=O) groups is 1. The summed E-state index contributed by atoms with van der Waals surface area (Å²) in [5, 5.41) is 5.33. The standard InChI is InChI=1S/C21H14O2S4/c1-2-15(22)23-17-13-8-11-6-4-3-5-10(11)7-12(13)9-14-16(17)19(25)21(27)20(26)18(14)24/h2-9,24-27H,1H2. The molecule has 0 aliphatic heterocycles. The molecule has 0 saturated carbocycles. The smallest absolute Gasteiger partial charge is 0.335 e. The van der Waals surface area contributed by atoms with Crippen molar-refractivity contribution in [3.05, 3.63) is 55.1 Å². The average molecular weight is 427 g/mol. The zero-order valence-electron chi connectivity index (χ0n) is 13.9. The number of esters is 1. The summed E-state index contributed by atoms with van der Waals surface area (Å²) in [6.07, 6.45) is 1.14. The highest BCUT2D eigenvalue weighted by atomic mass is 32.1. The first-order chi connectivity index (χ1) is 12.9. The van der Waals surface area contributed by atoms with Crippen molar-refractivity contribution in [1.29, 1.82) is 0 Å². The fraction of sp³-hybridized carbons (Fsp3) is 0. The minimum absolute atomic E-state index is 0.419. The molecule has 4 rings (SSSR count). The second-order valence-corrected chi connectivity index (χ2v) is 7.86. The molecule has 0 bridgehead atoms. The number of rotatable bonds is 2. The first-order valence-corrected chi connectivity index (χ1v) is 9.80. The lowest BCUT2D eigenvalue weighted by Crippen LogP contribution is -2.05. The quantitative estimate of drug-likeness (QED) is 0.0982. The van der Waals surface area contributed by atoms with Crippen LogP contribution in [0.25, 0.3) is 32.3 Å². The Balaban J connectivity index is 2.26. The maximum absolute atomic E-state index is 12.1. The van der Waals surface area contributed by atoms with E-state index in [-0.39, 0.29) is 0 Å². The van der Waals surface area contributed by atoms with Crippen LogP contribution < -0.4 is 4.74 Å². The van der Waals surface area contributed by atoms with Crippen molar-refractivity contribution >= 4 is 88.8 Å². The summed E-state index contributed by atoms with van der Waals surface area (Å²) in [5.74, 6) is -0.122. The number of thiol groups is 4. The summed E-state index contributed by atoms with van der Waals surface area (Å²) >= 11 is 18.3. The van der Waals surface area contributed by atoms with Crippen LogP contribution in [0.5, 0.6) is 5.75 Å². The number of benzene rings is 4. The van der Waals surface area contributed by atoms with Gasteiger partial charge in [-0.3, -0.25) is 0 Å². The summed E-state index contributed by atoms with van der Waals surface area (Å²) in [4.78, 5) is 14.5. The van der Waals surface area contributed by atoms with E-state index in [1.807, 2.05) is 36.4 Å². The van der Waals surface area contributed by atoms with Crippen molar-refractivity contribution < 1.29 is 9.53 Å². The molecule has 0 unspecified atom stereocenters. The van der Waals surface area contributed by atoms with E-state index < -0.39 is 5.97 Å². The maximum Gasteiger partial charge on any atom is 0.335 e. The van der Waals surface area contributed by atoms with E-state index in [0.29, 0.717) is 30.7 Å². The molecule has 0 radical (unpaired) electrons. The Morgan fingerprint density at radius 2 is 1.41 bits per heavy atom. The Labute approximate surface area is 178 Å². The van der Waals surface area contributed by atoms with Crippen molar-refractivity contribution in [1.82, 2.24) is 0 Å². The SMILES string of the molecule is C=CC(=O)Oc1c2cc3ccccc3cc2cc2c(S)c(S)c(S)c(S)c12. The van der Waals surface area contributed by atoms with E-state index in [9.17, 15) is 4.79 Å². The molecule has 6 heteroatoms. The van der Waals surface area contributed by atoms with Crippen LogP contribution in [0.2, 0.25) is 0 Å². The zero-order chi connectivity index (χ0) is 19.3. The van der Waals surface area contributed by atoms with E-state index in [0.717, 1.165) is 33.0 Å². The predicted molar refractivity (Wildman–Crippen MR) is 124 cm³/mol. The van der Waals surface area contributed by atoms with Gasteiger partial charge >= 0.3 is 5.97 Å². The van der Waals surface area contributed by atoms with Gasteiger partial charge in [0.25, 0.3) is 0 Å². The fourth-order valence-electron chi connectivity index (χ4n) is 3.20. The van der Waals surface area contributed by atoms with Gasteiger partial charge in [-0.2, -0.15) is 0 Å². The van der Waals surface area contributed by atoms with E-state index >= 15 is 0 Å². The van der Waals surface area contributed by atoms with Gasteiger partial charge < -0.3 is 4.74 Å². The lowest BCUT2D eigenvalue weighted by atomic mass is 9.98. The Morgan fingerprint density at radius 3 is 2.07 bits per heavy atom. The molecule has 0 aliphatic rings. The number of hydrogen-bond donors (Lipinski definition) is 4. The van der Waals surface area contributed by atoms with Crippen LogP contribution >= 0.6 is 50.5 Å². The van der Waals surface area contributed by atoms with Crippen LogP contribution in [0.15, 0.2) is 74.7 Å². The van der Waals surface area contributed by atoms with Crippen molar-refractivity contribution in [3.8, 4) is 5.75 Å². The predicted octanol–water partition coefficient (Wildman–Crippen LogP) is 6.39. The molecule has 0 saturated heterocycles. The normalized spacial score (nSPS) is 11.3. The molecule has 0 fully saturated rings. The molecule has 4 aromatic carbocycles. The molecule has 0 atom stereocenters. The van der Waals surface area contributed by atoms with Gasteiger partial charge in [-0.1, -0.05) is 30.8 Å². The molecule has 0 aliphatic carbocycles. The van der Waals surface area contributed by atoms with Gasteiger partial charge in [-0.05, 0) is 34.4 Å². The zero-order valence-corrected chi connectivity index (χ0v) is 17.5. The molecule has 0 N–H and O–H groups in total. The van der Waals surface area contributed by atoms with E-state index in [1.54, 1.807) is 0 Å². The molecule has 0 amide bonds. The molecule has 134 valence electrons. The number of ether oxygens (including phenoxy) is 1. The lowest BCUT2D eigenvalue weighted by Gasteiger charge is -2.17. The Morgan fingerprint density at radius 1 is 0.815 bits per heavy atom. The number of hydrogen-bond acceptors (Lipinski definition) is 6. The van der Waals surface area contributed by atoms with Gasteiger partial charge in [0, 0.05) is 41.8 Å². The van der Waals surface area contributed by atoms with Gasteiger partial charge in [0.05, 0.1) is 0 Å². The Hall–Kier alpha value is -1.73. The van der Waals surface area contributed by atoms with Crippen LogP contribution in [0.1, 0.15) is 0 Å². The summed E-state index contributed by atoms with van der Waals surface area (Å²) in [6, 6.07) is 14.1. The number of fused-ring (bicyclic) bond motifs is 3. The molecule has 0 spiro atoms.